The van der Waals surface area contributed by atoms with Gasteiger partial charge in [-0.05, 0) is 59.0 Å². The summed E-state index contributed by atoms with van der Waals surface area (Å²) in [6.07, 6.45) is -4.50. The smallest absolute Gasteiger partial charge is 0.416 e. The minimum atomic E-state index is -4.72. The van der Waals surface area contributed by atoms with Crippen molar-refractivity contribution < 1.29 is 32.1 Å². The van der Waals surface area contributed by atoms with Crippen molar-refractivity contribution in [3.05, 3.63) is 59.4 Å². The Morgan fingerprint density at radius 2 is 1.86 bits per heavy atom. The highest BCUT2D eigenvalue weighted by Crippen LogP contribution is 2.42. The van der Waals surface area contributed by atoms with Crippen molar-refractivity contribution in [1.29, 1.82) is 0 Å². The molecule has 1 aromatic heterocycles. The fraction of sp³-hybridized carbons (Fsp3) is 0.435. The largest absolute Gasteiger partial charge is 0.497 e. The van der Waals surface area contributed by atoms with Crippen LogP contribution in [0.1, 0.15) is 35.8 Å². The summed E-state index contributed by atoms with van der Waals surface area (Å²) in [6.45, 7) is -0.387. The van der Waals surface area contributed by atoms with Crippen molar-refractivity contribution in [2.45, 2.75) is 30.7 Å². The van der Waals surface area contributed by atoms with Crippen molar-refractivity contribution in [1.82, 2.24) is 25.5 Å². The molecule has 1 fully saturated rings. The number of nitrogens with zero attached hydrogens (tertiary/aromatic N) is 4. The molecular formula is C23H25F4N5O3. The summed E-state index contributed by atoms with van der Waals surface area (Å²) in [5.74, 6) is 0.393. The zero-order chi connectivity index (χ0) is 25.2. The van der Waals surface area contributed by atoms with E-state index in [0.29, 0.717) is 11.4 Å². The number of tetrazole rings is 1. The minimum Gasteiger partial charge on any atom is -0.497 e. The van der Waals surface area contributed by atoms with Crippen molar-refractivity contribution >= 4 is 0 Å². The average Bonchev–Trinajstić information content (AvgIpc) is 3.31. The molecule has 188 valence electrons. The van der Waals surface area contributed by atoms with E-state index >= 15 is 4.39 Å². The van der Waals surface area contributed by atoms with E-state index in [9.17, 15) is 18.3 Å². The second kappa shape index (κ2) is 9.78. The molecule has 1 aliphatic carbocycles. The van der Waals surface area contributed by atoms with E-state index in [-0.39, 0.29) is 49.0 Å². The van der Waals surface area contributed by atoms with Gasteiger partial charge in [-0.1, -0.05) is 12.1 Å². The molecule has 2 N–H and O–H groups in total. The molecule has 12 heteroatoms. The summed E-state index contributed by atoms with van der Waals surface area (Å²) in [6, 6.07) is 9.05. The van der Waals surface area contributed by atoms with Gasteiger partial charge in [-0.2, -0.15) is 17.9 Å². The number of halogens is 4. The zero-order valence-electron chi connectivity index (χ0n) is 19.1. The second-order valence-electron chi connectivity index (χ2n) is 8.52. The van der Waals surface area contributed by atoms with Crippen molar-refractivity contribution in [3.8, 4) is 17.2 Å². The molecule has 0 amide bonds. The molecule has 35 heavy (non-hydrogen) atoms. The number of methoxy groups -OCH3 is 2. The van der Waals surface area contributed by atoms with Gasteiger partial charge in [0.15, 0.2) is 5.82 Å². The number of alkyl halides is 4. The Bertz CT molecular complexity index is 1160. The summed E-state index contributed by atoms with van der Waals surface area (Å²) in [5, 5.41) is 23.8. The van der Waals surface area contributed by atoms with Crippen LogP contribution in [0.15, 0.2) is 42.5 Å². The molecule has 1 saturated carbocycles. The minimum absolute atomic E-state index is 0.0268. The van der Waals surface area contributed by atoms with Crippen LogP contribution in [0.3, 0.4) is 0 Å². The lowest BCUT2D eigenvalue weighted by Crippen LogP contribution is -2.49. The van der Waals surface area contributed by atoms with Gasteiger partial charge in [-0.15, -0.1) is 5.10 Å². The first-order valence-corrected chi connectivity index (χ1v) is 10.9. The normalized spacial score (nSPS) is 20.8. The number of aliphatic hydroxyl groups is 1. The molecule has 4 rings (SSSR count). The molecule has 0 spiro atoms. The molecule has 1 heterocycles. The number of aromatic nitrogens is 4. The summed E-state index contributed by atoms with van der Waals surface area (Å²) in [4.78, 5) is 0. The fourth-order valence-corrected chi connectivity index (χ4v) is 4.33. The van der Waals surface area contributed by atoms with Crippen LogP contribution in [0.2, 0.25) is 0 Å². The monoisotopic (exact) mass is 495 g/mol. The molecule has 0 radical (unpaired) electrons. The Hall–Kier alpha value is -3.25. The molecule has 1 aliphatic rings. The predicted octanol–water partition coefficient (Wildman–Crippen LogP) is 3.49. The summed E-state index contributed by atoms with van der Waals surface area (Å²) in [7, 11) is 2.76. The highest BCUT2D eigenvalue weighted by atomic mass is 19.4. The number of rotatable bonds is 9. The predicted molar refractivity (Wildman–Crippen MR) is 117 cm³/mol. The van der Waals surface area contributed by atoms with Gasteiger partial charge in [-0.3, -0.25) is 0 Å². The van der Waals surface area contributed by atoms with E-state index in [1.165, 1.54) is 31.0 Å². The third kappa shape index (κ3) is 5.22. The molecule has 0 bridgehead atoms. The van der Waals surface area contributed by atoms with Crippen LogP contribution in [0.25, 0.3) is 5.69 Å². The van der Waals surface area contributed by atoms with E-state index in [4.69, 9.17) is 9.47 Å². The molecule has 3 aromatic rings. The van der Waals surface area contributed by atoms with Gasteiger partial charge in [0.25, 0.3) is 0 Å². The summed E-state index contributed by atoms with van der Waals surface area (Å²) >= 11 is 0. The Balaban J connectivity index is 1.78. The van der Waals surface area contributed by atoms with Gasteiger partial charge in [0.1, 0.15) is 17.2 Å². The first kappa shape index (κ1) is 24.9. The third-order valence-electron chi connectivity index (χ3n) is 6.12. The SMILES string of the molecule is COc1cccc(-n2nnnc2C(NCC2(F)CC(CO)C2)c2ccc(OC)cc2C(F)(F)F)c1. The van der Waals surface area contributed by atoms with E-state index < -0.39 is 23.5 Å². The summed E-state index contributed by atoms with van der Waals surface area (Å²) < 4.78 is 68.9. The molecule has 1 unspecified atom stereocenters. The maximum absolute atomic E-state index is 15.1. The lowest BCUT2D eigenvalue weighted by molar-refractivity contribution is -0.138. The lowest BCUT2D eigenvalue weighted by atomic mass is 9.72. The summed E-state index contributed by atoms with van der Waals surface area (Å²) in [5.41, 5.74) is -2.34. The molecule has 2 aromatic carbocycles. The standard InChI is InChI=1S/C23H25F4N5O3/c1-34-16-5-3-4-15(8-16)32-21(29-30-31-32)20(28-13-22(24)10-14(11-22)12-33)18-7-6-17(35-2)9-19(18)23(25,26)27/h3-9,14,20,28,33H,10-13H2,1-2H3. The quantitative estimate of drug-likeness (QED) is 0.439. The van der Waals surface area contributed by atoms with Crippen molar-refractivity contribution in [2.75, 3.05) is 27.4 Å². The van der Waals surface area contributed by atoms with Gasteiger partial charge in [0.2, 0.25) is 0 Å². The molecular weight excluding hydrogens is 470 g/mol. The van der Waals surface area contributed by atoms with E-state index in [2.05, 4.69) is 20.8 Å². The van der Waals surface area contributed by atoms with E-state index in [1.807, 2.05) is 0 Å². The van der Waals surface area contributed by atoms with Crippen LogP contribution in [0.4, 0.5) is 17.6 Å². The molecule has 8 nitrogen and oxygen atoms in total. The van der Waals surface area contributed by atoms with Crippen molar-refractivity contribution in [3.63, 3.8) is 0 Å². The van der Waals surface area contributed by atoms with Crippen LogP contribution in [-0.2, 0) is 6.18 Å². The van der Waals surface area contributed by atoms with Gasteiger partial charge in [-0.25, -0.2) is 4.39 Å². The van der Waals surface area contributed by atoms with Gasteiger partial charge >= 0.3 is 6.18 Å². The number of benzene rings is 2. The highest BCUT2D eigenvalue weighted by Gasteiger charge is 2.45. The highest BCUT2D eigenvalue weighted by molar-refractivity contribution is 5.44. The number of hydrogen-bond acceptors (Lipinski definition) is 7. The van der Waals surface area contributed by atoms with Crippen LogP contribution in [0, 0.1) is 5.92 Å². The third-order valence-corrected chi connectivity index (χ3v) is 6.12. The fourth-order valence-electron chi connectivity index (χ4n) is 4.33. The number of nitrogens with one attached hydrogen (secondary N) is 1. The average molecular weight is 495 g/mol. The van der Waals surface area contributed by atoms with E-state index in [1.54, 1.807) is 24.3 Å². The Morgan fingerprint density at radius 3 is 2.51 bits per heavy atom. The molecule has 1 atom stereocenters. The van der Waals surface area contributed by atoms with Gasteiger partial charge in [0, 0.05) is 19.2 Å². The topological polar surface area (TPSA) is 94.3 Å². The first-order valence-electron chi connectivity index (χ1n) is 10.9. The van der Waals surface area contributed by atoms with Gasteiger partial charge in [0.05, 0.1) is 31.5 Å². The Kier molecular flexibility index (Phi) is 6.95. The first-order chi connectivity index (χ1) is 16.7. The second-order valence-corrected chi connectivity index (χ2v) is 8.52. The number of hydrogen-bond donors (Lipinski definition) is 2. The lowest BCUT2D eigenvalue weighted by Gasteiger charge is -2.41. The Morgan fingerprint density at radius 1 is 1.14 bits per heavy atom. The maximum atomic E-state index is 15.1. The van der Waals surface area contributed by atoms with Gasteiger partial charge < -0.3 is 19.9 Å². The van der Waals surface area contributed by atoms with Crippen molar-refractivity contribution in [2.24, 2.45) is 5.92 Å². The van der Waals surface area contributed by atoms with Crippen LogP contribution in [-0.4, -0.2) is 58.4 Å². The number of ether oxygens (including phenoxy) is 2. The maximum Gasteiger partial charge on any atom is 0.416 e. The van der Waals surface area contributed by atoms with Crippen LogP contribution < -0.4 is 14.8 Å². The number of aliphatic hydroxyl groups excluding tert-OH is 1. The molecule has 0 aliphatic heterocycles. The zero-order valence-corrected chi connectivity index (χ0v) is 19.1. The molecule has 0 saturated heterocycles. The van der Waals surface area contributed by atoms with Crippen LogP contribution in [0.5, 0.6) is 11.5 Å². The van der Waals surface area contributed by atoms with E-state index in [0.717, 1.165) is 6.07 Å². The Labute approximate surface area is 198 Å². The van der Waals surface area contributed by atoms with Crippen LogP contribution >= 0.6 is 0 Å².